The molecule has 4 aliphatic rings. The van der Waals surface area contributed by atoms with Crippen LogP contribution in [0.3, 0.4) is 0 Å². The number of nitrogens with zero attached hydrogens (tertiary/aromatic N) is 2. The van der Waals surface area contributed by atoms with Crippen molar-refractivity contribution in [2.45, 2.75) is 58.5 Å². The first-order valence-electron chi connectivity index (χ1n) is 9.09. The molecule has 3 aliphatic heterocycles. The number of piperidine rings is 3. The van der Waals surface area contributed by atoms with E-state index >= 15 is 0 Å². The van der Waals surface area contributed by atoms with Crippen LogP contribution in [0.4, 0.5) is 0 Å². The van der Waals surface area contributed by atoms with Crippen molar-refractivity contribution in [3.8, 4) is 0 Å². The smallest absolute Gasteiger partial charge is 0.234 e. The van der Waals surface area contributed by atoms with Crippen molar-refractivity contribution in [2.24, 2.45) is 17.8 Å². The first kappa shape index (κ1) is 16.3. The summed E-state index contributed by atoms with van der Waals surface area (Å²) in [7, 11) is 0. The van der Waals surface area contributed by atoms with Gasteiger partial charge in [0, 0.05) is 24.2 Å². The molecule has 4 bridgehead atoms. The Kier molecular flexibility index (Phi) is 4.05. The molecule has 2 unspecified atom stereocenters. The lowest BCUT2D eigenvalue weighted by molar-refractivity contribution is -0.161. The fraction of sp³-hybridized carbons (Fsp3) is 0.944. The van der Waals surface area contributed by atoms with E-state index in [9.17, 15) is 4.79 Å². The van der Waals surface area contributed by atoms with Crippen LogP contribution in [0.2, 0.25) is 0 Å². The van der Waals surface area contributed by atoms with Gasteiger partial charge in [-0.2, -0.15) is 0 Å². The third-order valence-corrected chi connectivity index (χ3v) is 7.20. The average Bonchev–Trinajstić information content (AvgIpc) is 2.42. The first-order valence-corrected chi connectivity index (χ1v) is 9.09. The van der Waals surface area contributed by atoms with Gasteiger partial charge in [-0.3, -0.25) is 14.6 Å². The Labute approximate surface area is 135 Å². The predicted molar refractivity (Wildman–Crippen MR) is 89.7 cm³/mol. The molecule has 2 atom stereocenters. The Morgan fingerprint density at radius 2 is 1.64 bits per heavy atom. The number of amides is 1. The normalized spacial score (nSPS) is 41.9. The molecule has 0 aromatic carbocycles. The van der Waals surface area contributed by atoms with E-state index in [1.807, 2.05) is 0 Å². The number of hydrogen-bond donors (Lipinski definition) is 1. The minimum absolute atomic E-state index is 0.00767. The second kappa shape index (κ2) is 5.48. The van der Waals surface area contributed by atoms with Crippen LogP contribution in [0.1, 0.15) is 47.5 Å². The second-order valence-corrected chi connectivity index (χ2v) is 8.41. The van der Waals surface area contributed by atoms with Crippen molar-refractivity contribution >= 4 is 5.91 Å². The van der Waals surface area contributed by atoms with Crippen LogP contribution in [-0.2, 0) is 4.79 Å². The molecule has 1 saturated carbocycles. The van der Waals surface area contributed by atoms with Gasteiger partial charge in [0.2, 0.25) is 5.91 Å². The molecule has 1 amide bonds. The zero-order chi connectivity index (χ0) is 16.1. The SMILES string of the molecule is CCN(CC)CC(=O)NC1(C)C2CC3CC1CN(C2)C3(C)C. The summed E-state index contributed by atoms with van der Waals surface area (Å²) >= 11 is 0. The average molecular weight is 307 g/mol. The van der Waals surface area contributed by atoms with E-state index in [0.717, 1.165) is 32.1 Å². The Bertz CT molecular complexity index is 410. The van der Waals surface area contributed by atoms with E-state index in [2.05, 4.69) is 49.7 Å². The van der Waals surface area contributed by atoms with E-state index in [1.54, 1.807) is 0 Å². The maximum Gasteiger partial charge on any atom is 0.234 e. The Morgan fingerprint density at radius 3 is 2.09 bits per heavy atom. The Balaban J connectivity index is 1.69. The topological polar surface area (TPSA) is 35.6 Å². The van der Waals surface area contributed by atoms with E-state index in [1.165, 1.54) is 12.8 Å². The number of rotatable bonds is 5. The number of carbonyl (C=O) groups excluding carboxylic acids is 1. The van der Waals surface area contributed by atoms with Crippen LogP contribution in [0.5, 0.6) is 0 Å². The van der Waals surface area contributed by atoms with E-state index < -0.39 is 0 Å². The van der Waals surface area contributed by atoms with Crippen LogP contribution < -0.4 is 5.32 Å². The lowest BCUT2D eigenvalue weighted by atomic mass is 9.53. The van der Waals surface area contributed by atoms with E-state index in [-0.39, 0.29) is 11.4 Å². The van der Waals surface area contributed by atoms with Gasteiger partial charge >= 0.3 is 0 Å². The Morgan fingerprint density at radius 1 is 1.09 bits per heavy atom. The van der Waals surface area contributed by atoms with Gasteiger partial charge in [-0.15, -0.1) is 0 Å². The van der Waals surface area contributed by atoms with Gasteiger partial charge in [0.15, 0.2) is 0 Å². The molecule has 0 aromatic rings. The molecule has 4 nitrogen and oxygen atoms in total. The maximum absolute atomic E-state index is 12.5. The van der Waals surface area contributed by atoms with Crippen molar-refractivity contribution in [3.05, 3.63) is 0 Å². The van der Waals surface area contributed by atoms with Crippen molar-refractivity contribution in [2.75, 3.05) is 32.7 Å². The predicted octanol–water partition coefficient (Wildman–Crippen LogP) is 1.95. The standard InChI is InChI=1S/C18H33N3O/c1-6-20(7-2)12-16(22)19-18(5)14-8-13-9-15(18)11-21(10-14)17(13,3)4/h13-15H,6-12H2,1-5H3,(H,19,22). The van der Waals surface area contributed by atoms with E-state index in [4.69, 9.17) is 0 Å². The molecule has 0 radical (unpaired) electrons. The minimum Gasteiger partial charge on any atom is -0.349 e. The monoisotopic (exact) mass is 307 g/mol. The second-order valence-electron chi connectivity index (χ2n) is 8.41. The van der Waals surface area contributed by atoms with Gasteiger partial charge in [0.1, 0.15) is 0 Å². The molecular weight excluding hydrogens is 274 g/mol. The lowest BCUT2D eigenvalue weighted by Crippen LogP contribution is -2.76. The highest BCUT2D eigenvalue weighted by atomic mass is 16.2. The highest BCUT2D eigenvalue weighted by Crippen LogP contribution is 2.55. The molecule has 4 rings (SSSR count). The number of nitrogens with one attached hydrogen (secondary N) is 1. The van der Waals surface area contributed by atoms with Gasteiger partial charge in [0.05, 0.1) is 6.54 Å². The number of carbonyl (C=O) groups is 1. The molecule has 0 spiro atoms. The molecule has 22 heavy (non-hydrogen) atoms. The summed E-state index contributed by atoms with van der Waals surface area (Å²) in [5.74, 6) is 2.27. The summed E-state index contributed by atoms with van der Waals surface area (Å²) in [6.07, 6.45) is 2.56. The number of likely N-dealkylation sites (N-methyl/N-ethyl adjacent to an activating group) is 1. The first-order chi connectivity index (χ1) is 10.3. The summed E-state index contributed by atoms with van der Waals surface area (Å²) in [5.41, 5.74) is 0.368. The van der Waals surface area contributed by atoms with Gasteiger partial charge in [0.25, 0.3) is 0 Å². The minimum atomic E-state index is 0.00767. The van der Waals surface area contributed by atoms with Crippen LogP contribution in [0.25, 0.3) is 0 Å². The van der Waals surface area contributed by atoms with E-state index in [0.29, 0.717) is 23.9 Å². The Hall–Kier alpha value is -0.610. The van der Waals surface area contributed by atoms with Gasteiger partial charge in [-0.1, -0.05) is 13.8 Å². The van der Waals surface area contributed by atoms with Crippen LogP contribution in [0.15, 0.2) is 0 Å². The van der Waals surface area contributed by atoms with Crippen molar-refractivity contribution in [1.29, 1.82) is 0 Å². The molecule has 1 aliphatic carbocycles. The molecule has 126 valence electrons. The van der Waals surface area contributed by atoms with Crippen molar-refractivity contribution in [1.82, 2.24) is 15.1 Å². The van der Waals surface area contributed by atoms with Crippen molar-refractivity contribution < 1.29 is 4.79 Å². The summed E-state index contributed by atoms with van der Waals surface area (Å²) in [4.78, 5) is 17.4. The highest BCUT2D eigenvalue weighted by molar-refractivity contribution is 5.79. The summed E-state index contributed by atoms with van der Waals surface area (Å²) in [6, 6.07) is 0. The fourth-order valence-electron chi connectivity index (χ4n) is 5.24. The van der Waals surface area contributed by atoms with Gasteiger partial charge in [-0.25, -0.2) is 0 Å². The summed E-state index contributed by atoms with van der Waals surface area (Å²) < 4.78 is 0. The molecule has 4 heteroatoms. The summed E-state index contributed by atoms with van der Waals surface area (Å²) in [5, 5.41) is 3.46. The molecule has 4 fully saturated rings. The fourth-order valence-corrected chi connectivity index (χ4v) is 5.24. The van der Waals surface area contributed by atoms with Crippen LogP contribution >= 0.6 is 0 Å². The van der Waals surface area contributed by atoms with Crippen LogP contribution in [0, 0.1) is 17.8 Å². The van der Waals surface area contributed by atoms with Crippen LogP contribution in [-0.4, -0.2) is 59.5 Å². The van der Waals surface area contributed by atoms with Gasteiger partial charge < -0.3 is 5.32 Å². The zero-order valence-corrected chi connectivity index (χ0v) is 15.0. The van der Waals surface area contributed by atoms with Gasteiger partial charge in [-0.05, 0) is 64.5 Å². The quantitative estimate of drug-likeness (QED) is 0.843. The summed E-state index contributed by atoms with van der Waals surface area (Å²) in [6.45, 7) is 16.1. The lowest BCUT2D eigenvalue weighted by Gasteiger charge is -2.67. The number of hydrogen-bond acceptors (Lipinski definition) is 3. The zero-order valence-electron chi connectivity index (χ0n) is 15.0. The molecule has 0 aromatic heterocycles. The maximum atomic E-state index is 12.5. The van der Waals surface area contributed by atoms with Crippen molar-refractivity contribution in [3.63, 3.8) is 0 Å². The highest BCUT2D eigenvalue weighted by Gasteiger charge is 2.60. The molecule has 1 N–H and O–H groups in total. The molecule has 3 heterocycles. The largest absolute Gasteiger partial charge is 0.349 e. The molecular formula is C18H33N3O. The molecule has 3 saturated heterocycles. The third-order valence-electron chi connectivity index (χ3n) is 7.20. The third kappa shape index (κ3) is 2.39.